The second kappa shape index (κ2) is 5.73. The zero-order valence-electron chi connectivity index (χ0n) is 9.66. The molecule has 1 rings (SSSR count). The summed E-state index contributed by atoms with van der Waals surface area (Å²) in [6.07, 6.45) is 0. The van der Waals surface area contributed by atoms with Gasteiger partial charge >= 0.3 is 0 Å². The lowest BCUT2D eigenvalue weighted by molar-refractivity contribution is 0.206. The Labute approximate surface area is 91.3 Å². The summed E-state index contributed by atoms with van der Waals surface area (Å²) in [5, 5.41) is 9.06. The number of methoxy groups -OCH3 is 1. The molecule has 0 amide bonds. The van der Waals surface area contributed by atoms with Crippen molar-refractivity contribution in [3.05, 3.63) is 29.3 Å². The van der Waals surface area contributed by atoms with E-state index in [2.05, 4.69) is 11.0 Å². The van der Waals surface area contributed by atoms with Crippen molar-refractivity contribution in [1.82, 2.24) is 0 Å². The van der Waals surface area contributed by atoms with E-state index in [1.54, 1.807) is 7.11 Å². The average Bonchev–Trinajstić information content (AvgIpc) is 2.25. The number of hydrogen-bond acceptors (Lipinski definition) is 3. The highest BCUT2D eigenvalue weighted by atomic mass is 16.5. The maximum absolute atomic E-state index is 9.06. The summed E-state index contributed by atoms with van der Waals surface area (Å²) < 4.78 is 5.03. The van der Waals surface area contributed by atoms with E-state index < -0.39 is 0 Å². The number of rotatable bonds is 5. The molecule has 1 N–H and O–H groups in total. The van der Waals surface area contributed by atoms with Gasteiger partial charge < -0.3 is 14.7 Å². The highest BCUT2D eigenvalue weighted by Crippen LogP contribution is 2.17. The highest BCUT2D eigenvalue weighted by molar-refractivity contribution is 5.50. The SMILES string of the molecule is COCCN(C)c1ccc(CO)c(C)c1. The van der Waals surface area contributed by atoms with Crippen molar-refractivity contribution >= 4 is 5.69 Å². The van der Waals surface area contributed by atoms with E-state index in [1.807, 2.05) is 26.1 Å². The molecule has 0 unspecified atom stereocenters. The molecule has 0 saturated heterocycles. The van der Waals surface area contributed by atoms with Crippen molar-refractivity contribution in [1.29, 1.82) is 0 Å². The van der Waals surface area contributed by atoms with Gasteiger partial charge in [-0.3, -0.25) is 0 Å². The van der Waals surface area contributed by atoms with Gasteiger partial charge in [0.25, 0.3) is 0 Å². The lowest BCUT2D eigenvalue weighted by Crippen LogP contribution is -2.22. The van der Waals surface area contributed by atoms with Crippen LogP contribution >= 0.6 is 0 Å². The Morgan fingerprint density at radius 2 is 2.13 bits per heavy atom. The molecule has 0 aliphatic carbocycles. The molecule has 0 atom stereocenters. The fourth-order valence-electron chi connectivity index (χ4n) is 1.45. The van der Waals surface area contributed by atoms with Gasteiger partial charge in [-0.2, -0.15) is 0 Å². The van der Waals surface area contributed by atoms with Crippen LogP contribution in [0.1, 0.15) is 11.1 Å². The number of benzene rings is 1. The second-order valence-electron chi connectivity index (χ2n) is 3.68. The summed E-state index contributed by atoms with van der Waals surface area (Å²) in [5.41, 5.74) is 3.26. The Bertz CT molecular complexity index is 312. The van der Waals surface area contributed by atoms with E-state index in [4.69, 9.17) is 9.84 Å². The van der Waals surface area contributed by atoms with Crippen LogP contribution in [0.15, 0.2) is 18.2 Å². The predicted octanol–water partition coefficient (Wildman–Crippen LogP) is 1.57. The van der Waals surface area contributed by atoms with E-state index in [9.17, 15) is 0 Å². The Morgan fingerprint density at radius 1 is 1.40 bits per heavy atom. The molecule has 0 heterocycles. The van der Waals surface area contributed by atoms with Crippen molar-refractivity contribution in [3.63, 3.8) is 0 Å². The van der Waals surface area contributed by atoms with Crippen molar-refractivity contribution in [2.45, 2.75) is 13.5 Å². The quantitative estimate of drug-likeness (QED) is 0.799. The molecule has 84 valence electrons. The van der Waals surface area contributed by atoms with Gasteiger partial charge in [-0.1, -0.05) is 6.07 Å². The van der Waals surface area contributed by atoms with Gasteiger partial charge in [0.1, 0.15) is 0 Å². The van der Waals surface area contributed by atoms with Gasteiger partial charge in [-0.05, 0) is 30.2 Å². The molecule has 1 aromatic carbocycles. The lowest BCUT2D eigenvalue weighted by atomic mass is 10.1. The largest absolute Gasteiger partial charge is 0.392 e. The van der Waals surface area contributed by atoms with Crippen LogP contribution in [-0.4, -0.2) is 32.4 Å². The second-order valence-corrected chi connectivity index (χ2v) is 3.68. The van der Waals surface area contributed by atoms with Crippen LogP contribution in [0.2, 0.25) is 0 Å². The minimum atomic E-state index is 0.105. The maximum Gasteiger partial charge on any atom is 0.0684 e. The first kappa shape index (κ1) is 12.0. The number of ether oxygens (including phenoxy) is 1. The lowest BCUT2D eigenvalue weighted by Gasteiger charge is -2.19. The van der Waals surface area contributed by atoms with Crippen molar-refractivity contribution < 1.29 is 9.84 Å². The number of hydrogen-bond donors (Lipinski definition) is 1. The Morgan fingerprint density at radius 3 is 2.67 bits per heavy atom. The van der Waals surface area contributed by atoms with Crippen molar-refractivity contribution in [2.75, 3.05) is 32.2 Å². The van der Waals surface area contributed by atoms with Crippen molar-refractivity contribution in [2.24, 2.45) is 0 Å². The number of likely N-dealkylation sites (N-methyl/N-ethyl adjacent to an activating group) is 1. The summed E-state index contributed by atoms with van der Waals surface area (Å²) in [7, 11) is 3.74. The third-order valence-electron chi connectivity index (χ3n) is 2.57. The molecule has 0 spiro atoms. The summed E-state index contributed by atoms with van der Waals surface area (Å²) >= 11 is 0. The molecular weight excluding hydrogens is 190 g/mol. The van der Waals surface area contributed by atoms with Crippen LogP contribution in [0.3, 0.4) is 0 Å². The van der Waals surface area contributed by atoms with Gasteiger partial charge in [-0.15, -0.1) is 0 Å². The first-order valence-electron chi connectivity index (χ1n) is 5.09. The average molecular weight is 209 g/mol. The molecule has 1 aromatic rings. The zero-order chi connectivity index (χ0) is 11.3. The molecule has 0 fully saturated rings. The smallest absolute Gasteiger partial charge is 0.0684 e. The minimum Gasteiger partial charge on any atom is -0.392 e. The Hall–Kier alpha value is -1.06. The number of nitrogens with zero attached hydrogens (tertiary/aromatic N) is 1. The van der Waals surface area contributed by atoms with Crippen LogP contribution in [0.4, 0.5) is 5.69 Å². The molecule has 0 aliphatic rings. The van der Waals surface area contributed by atoms with Crippen LogP contribution in [0, 0.1) is 6.92 Å². The van der Waals surface area contributed by atoms with E-state index in [-0.39, 0.29) is 6.61 Å². The fraction of sp³-hybridized carbons (Fsp3) is 0.500. The highest BCUT2D eigenvalue weighted by Gasteiger charge is 2.03. The molecule has 3 nitrogen and oxygen atoms in total. The maximum atomic E-state index is 9.06. The van der Waals surface area contributed by atoms with Crippen LogP contribution in [0.25, 0.3) is 0 Å². The molecule has 0 saturated carbocycles. The fourth-order valence-corrected chi connectivity index (χ4v) is 1.45. The molecule has 0 bridgehead atoms. The standard InChI is InChI=1S/C12H19NO2/c1-10-8-12(5-4-11(10)9-14)13(2)6-7-15-3/h4-5,8,14H,6-7,9H2,1-3H3. The van der Waals surface area contributed by atoms with E-state index >= 15 is 0 Å². The minimum absolute atomic E-state index is 0.105. The van der Waals surface area contributed by atoms with Crippen LogP contribution in [-0.2, 0) is 11.3 Å². The normalized spacial score (nSPS) is 10.4. The van der Waals surface area contributed by atoms with E-state index in [0.29, 0.717) is 0 Å². The first-order valence-corrected chi connectivity index (χ1v) is 5.09. The van der Waals surface area contributed by atoms with Gasteiger partial charge in [0.15, 0.2) is 0 Å². The van der Waals surface area contributed by atoms with Crippen molar-refractivity contribution in [3.8, 4) is 0 Å². The Kier molecular flexibility index (Phi) is 4.59. The number of aliphatic hydroxyl groups is 1. The van der Waals surface area contributed by atoms with E-state index in [1.165, 1.54) is 0 Å². The zero-order valence-corrected chi connectivity index (χ0v) is 9.66. The molecule has 0 radical (unpaired) electrons. The first-order chi connectivity index (χ1) is 7.19. The number of aliphatic hydroxyl groups excluding tert-OH is 1. The monoisotopic (exact) mass is 209 g/mol. The summed E-state index contributed by atoms with van der Waals surface area (Å²) in [6, 6.07) is 6.07. The topological polar surface area (TPSA) is 32.7 Å². The Balaban J connectivity index is 2.73. The molecular formula is C12H19NO2. The summed E-state index contributed by atoms with van der Waals surface area (Å²) in [5.74, 6) is 0. The molecule has 3 heteroatoms. The third-order valence-corrected chi connectivity index (χ3v) is 2.57. The third kappa shape index (κ3) is 3.22. The van der Waals surface area contributed by atoms with Gasteiger partial charge in [0, 0.05) is 26.4 Å². The molecule has 0 aromatic heterocycles. The molecule has 15 heavy (non-hydrogen) atoms. The van der Waals surface area contributed by atoms with Gasteiger partial charge in [0.2, 0.25) is 0 Å². The number of anilines is 1. The molecule has 0 aliphatic heterocycles. The van der Waals surface area contributed by atoms with Gasteiger partial charge in [-0.25, -0.2) is 0 Å². The predicted molar refractivity (Wildman–Crippen MR) is 62.2 cm³/mol. The summed E-state index contributed by atoms with van der Waals surface area (Å²) in [6.45, 7) is 3.71. The number of aryl methyl sites for hydroxylation is 1. The van der Waals surface area contributed by atoms with Crippen LogP contribution in [0.5, 0.6) is 0 Å². The van der Waals surface area contributed by atoms with E-state index in [0.717, 1.165) is 30.0 Å². The van der Waals surface area contributed by atoms with Crippen LogP contribution < -0.4 is 4.90 Å². The summed E-state index contributed by atoms with van der Waals surface area (Å²) in [4.78, 5) is 2.14. The van der Waals surface area contributed by atoms with Gasteiger partial charge in [0.05, 0.1) is 13.2 Å².